The summed E-state index contributed by atoms with van der Waals surface area (Å²) < 4.78 is 8.75. The van der Waals surface area contributed by atoms with Gasteiger partial charge in [0.05, 0.1) is 11.0 Å². The Morgan fingerprint density at radius 3 is 2.33 bits per heavy atom. The Morgan fingerprint density at radius 2 is 1.78 bits per heavy atom. The van der Waals surface area contributed by atoms with Crippen molar-refractivity contribution in [1.29, 1.82) is 0 Å². The molecule has 3 aromatic rings. The van der Waals surface area contributed by atoms with E-state index < -0.39 is 0 Å². The fourth-order valence-corrected chi connectivity index (χ4v) is 3.10. The SMILES string of the molecule is CCn1c(=O)n(CC)c2cc(NC(=O)N(C)Cc3nnc(C)o3)c(C)cc21. The summed E-state index contributed by atoms with van der Waals surface area (Å²) in [5.41, 5.74) is 3.18. The number of carbonyl (C=O) groups excluding carboxylic acids is 1. The van der Waals surface area contributed by atoms with Crippen LogP contribution in [-0.4, -0.2) is 37.3 Å². The van der Waals surface area contributed by atoms with Gasteiger partial charge in [-0.2, -0.15) is 0 Å². The van der Waals surface area contributed by atoms with Gasteiger partial charge in [0, 0.05) is 32.7 Å². The second kappa shape index (κ2) is 7.26. The molecule has 0 fully saturated rings. The van der Waals surface area contributed by atoms with Gasteiger partial charge in [-0.15, -0.1) is 10.2 Å². The Hall–Kier alpha value is -3.10. The maximum absolute atomic E-state index is 12.5. The summed E-state index contributed by atoms with van der Waals surface area (Å²) in [6.07, 6.45) is 0. The maximum atomic E-state index is 12.5. The van der Waals surface area contributed by atoms with Crippen molar-refractivity contribution in [1.82, 2.24) is 24.2 Å². The summed E-state index contributed by atoms with van der Waals surface area (Å²) in [6, 6.07) is 3.49. The van der Waals surface area contributed by atoms with E-state index in [1.807, 2.05) is 32.9 Å². The van der Waals surface area contributed by atoms with E-state index in [9.17, 15) is 9.59 Å². The first-order chi connectivity index (χ1) is 12.8. The van der Waals surface area contributed by atoms with E-state index in [4.69, 9.17) is 4.42 Å². The lowest BCUT2D eigenvalue weighted by molar-refractivity contribution is 0.215. The van der Waals surface area contributed by atoms with E-state index in [0.717, 1.165) is 16.6 Å². The quantitative estimate of drug-likeness (QED) is 0.742. The number of carbonyl (C=O) groups is 1. The van der Waals surface area contributed by atoms with Crippen LogP contribution in [0.4, 0.5) is 10.5 Å². The van der Waals surface area contributed by atoms with Crippen LogP contribution in [0.1, 0.15) is 31.2 Å². The lowest BCUT2D eigenvalue weighted by atomic mass is 10.1. The number of hydrogen-bond acceptors (Lipinski definition) is 5. The molecule has 3 rings (SSSR count). The molecule has 0 aliphatic carbocycles. The fourth-order valence-electron chi connectivity index (χ4n) is 3.10. The Balaban J connectivity index is 1.89. The minimum Gasteiger partial charge on any atom is -0.424 e. The first-order valence-corrected chi connectivity index (χ1v) is 8.90. The number of imidazole rings is 1. The maximum Gasteiger partial charge on any atom is 0.329 e. The highest BCUT2D eigenvalue weighted by molar-refractivity contribution is 5.93. The molecule has 144 valence electrons. The highest BCUT2D eigenvalue weighted by Crippen LogP contribution is 2.24. The van der Waals surface area contributed by atoms with E-state index in [1.165, 1.54) is 4.90 Å². The Morgan fingerprint density at radius 1 is 1.15 bits per heavy atom. The van der Waals surface area contributed by atoms with Crippen molar-refractivity contribution in [3.05, 3.63) is 40.0 Å². The Kier molecular flexibility index (Phi) is 5.02. The largest absolute Gasteiger partial charge is 0.424 e. The molecule has 2 aromatic heterocycles. The van der Waals surface area contributed by atoms with Gasteiger partial charge < -0.3 is 14.6 Å². The number of nitrogens with zero attached hydrogens (tertiary/aromatic N) is 5. The fraction of sp³-hybridized carbons (Fsp3) is 0.444. The molecular formula is C18H24N6O3. The third kappa shape index (κ3) is 3.44. The zero-order valence-corrected chi connectivity index (χ0v) is 16.2. The minimum absolute atomic E-state index is 0.0400. The van der Waals surface area contributed by atoms with Crippen molar-refractivity contribution in [3.63, 3.8) is 0 Å². The van der Waals surface area contributed by atoms with Crippen LogP contribution in [-0.2, 0) is 19.6 Å². The molecule has 0 spiro atoms. The molecule has 0 atom stereocenters. The molecule has 27 heavy (non-hydrogen) atoms. The first kappa shape index (κ1) is 18.7. The number of hydrogen-bond donors (Lipinski definition) is 1. The monoisotopic (exact) mass is 372 g/mol. The van der Waals surface area contributed by atoms with Crippen LogP contribution < -0.4 is 11.0 Å². The van der Waals surface area contributed by atoms with Gasteiger partial charge in [-0.05, 0) is 38.5 Å². The third-order valence-corrected chi connectivity index (χ3v) is 4.53. The number of anilines is 1. The number of fused-ring (bicyclic) bond motifs is 1. The summed E-state index contributed by atoms with van der Waals surface area (Å²) in [5.74, 6) is 0.829. The van der Waals surface area contributed by atoms with Crippen molar-refractivity contribution in [3.8, 4) is 0 Å². The average molecular weight is 372 g/mol. The first-order valence-electron chi connectivity index (χ1n) is 8.90. The van der Waals surface area contributed by atoms with Crippen molar-refractivity contribution in [2.45, 2.75) is 47.3 Å². The van der Waals surface area contributed by atoms with Crippen LogP contribution in [0.25, 0.3) is 11.0 Å². The van der Waals surface area contributed by atoms with Crippen LogP contribution in [0.5, 0.6) is 0 Å². The van der Waals surface area contributed by atoms with Gasteiger partial charge in [0.1, 0.15) is 6.54 Å². The number of amides is 2. The molecule has 0 aliphatic heterocycles. The highest BCUT2D eigenvalue weighted by Gasteiger charge is 2.17. The van der Waals surface area contributed by atoms with E-state index in [-0.39, 0.29) is 18.3 Å². The average Bonchev–Trinajstić information content (AvgIpc) is 3.14. The number of benzene rings is 1. The van der Waals surface area contributed by atoms with Crippen molar-refractivity contribution >= 4 is 22.8 Å². The van der Waals surface area contributed by atoms with Crippen molar-refractivity contribution in [2.24, 2.45) is 0 Å². The number of rotatable bonds is 5. The molecule has 1 aromatic carbocycles. The summed E-state index contributed by atoms with van der Waals surface area (Å²) in [5, 5.41) is 10.6. The second-order valence-electron chi connectivity index (χ2n) is 6.43. The van der Waals surface area contributed by atoms with Crippen LogP contribution in [0.15, 0.2) is 21.3 Å². The van der Waals surface area contributed by atoms with Crippen LogP contribution in [0.3, 0.4) is 0 Å². The van der Waals surface area contributed by atoms with Gasteiger partial charge in [0.2, 0.25) is 11.8 Å². The third-order valence-electron chi connectivity index (χ3n) is 4.53. The van der Waals surface area contributed by atoms with Gasteiger partial charge >= 0.3 is 11.7 Å². The molecule has 2 heterocycles. The molecule has 0 saturated carbocycles. The number of aryl methyl sites for hydroxylation is 4. The van der Waals surface area contributed by atoms with E-state index in [2.05, 4.69) is 15.5 Å². The highest BCUT2D eigenvalue weighted by atomic mass is 16.4. The van der Waals surface area contributed by atoms with Gasteiger partial charge in [-0.25, -0.2) is 9.59 Å². The lowest BCUT2D eigenvalue weighted by Crippen LogP contribution is -2.31. The van der Waals surface area contributed by atoms with E-state index in [0.29, 0.717) is 30.6 Å². The minimum atomic E-state index is -0.298. The predicted molar refractivity (Wildman–Crippen MR) is 102 cm³/mol. The van der Waals surface area contributed by atoms with Crippen LogP contribution in [0.2, 0.25) is 0 Å². The summed E-state index contributed by atoms with van der Waals surface area (Å²) >= 11 is 0. The van der Waals surface area contributed by atoms with Crippen LogP contribution >= 0.6 is 0 Å². The van der Waals surface area contributed by atoms with Crippen LogP contribution in [0, 0.1) is 13.8 Å². The Bertz CT molecular complexity index is 1050. The van der Waals surface area contributed by atoms with Gasteiger partial charge in [-0.1, -0.05) is 0 Å². The van der Waals surface area contributed by atoms with Gasteiger partial charge in [0.15, 0.2) is 0 Å². The molecule has 2 amide bonds. The Labute approximate surface area is 156 Å². The standard InChI is InChI=1S/C18H24N6O3/c1-6-23-14-8-11(3)13(9-15(14)24(7-2)18(23)26)19-17(25)22(5)10-16-21-20-12(4)27-16/h8-9H,6-7,10H2,1-5H3,(H,19,25). The van der Waals surface area contributed by atoms with Gasteiger partial charge in [-0.3, -0.25) is 9.13 Å². The molecule has 9 heteroatoms. The number of aromatic nitrogens is 4. The molecule has 1 N–H and O–H groups in total. The van der Waals surface area contributed by atoms with Crippen molar-refractivity contribution < 1.29 is 9.21 Å². The lowest BCUT2D eigenvalue weighted by Gasteiger charge is -2.17. The predicted octanol–water partition coefficient (Wildman–Crippen LogP) is 2.51. The molecular weight excluding hydrogens is 348 g/mol. The summed E-state index contributed by atoms with van der Waals surface area (Å²) in [6.45, 7) is 8.85. The number of urea groups is 1. The van der Waals surface area contributed by atoms with E-state index in [1.54, 1.807) is 23.1 Å². The van der Waals surface area contributed by atoms with Crippen molar-refractivity contribution in [2.75, 3.05) is 12.4 Å². The molecule has 0 aliphatic rings. The van der Waals surface area contributed by atoms with E-state index >= 15 is 0 Å². The molecule has 9 nitrogen and oxygen atoms in total. The normalized spacial score (nSPS) is 11.1. The number of nitrogens with one attached hydrogen (secondary N) is 1. The summed E-state index contributed by atoms with van der Waals surface area (Å²) in [4.78, 5) is 26.5. The molecule has 0 unspecified atom stereocenters. The smallest absolute Gasteiger partial charge is 0.329 e. The zero-order valence-electron chi connectivity index (χ0n) is 16.2. The van der Waals surface area contributed by atoms with Gasteiger partial charge in [0.25, 0.3) is 0 Å². The molecule has 0 saturated heterocycles. The molecule has 0 radical (unpaired) electrons. The topological polar surface area (TPSA) is 98.2 Å². The zero-order chi connectivity index (χ0) is 19.7. The molecule has 0 bridgehead atoms. The summed E-state index contributed by atoms with van der Waals surface area (Å²) in [7, 11) is 1.65. The second-order valence-corrected chi connectivity index (χ2v) is 6.43.